The zero-order valence-electron chi connectivity index (χ0n) is 15.8. The van der Waals surface area contributed by atoms with Crippen LogP contribution in [-0.2, 0) is 9.59 Å². The summed E-state index contributed by atoms with van der Waals surface area (Å²) < 4.78 is 0. The number of nitrogens with zero attached hydrogens (tertiary/aromatic N) is 2. The van der Waals surface area contributed by atoms with E-state index in [4.69, 9.17) is 5.11 Å². The van der Waals surface area contributed by atoms with Gasteiger partial charge in [-0.1, -0.05) is 13.0 Å². The summed E-state index contributed by atoms with van der Waals surface area (Å²) in [4.78, 5) is 27.4. The van der Waals surface area contributed by atoms with Crippen molar-refractivity contribution in [3.8, 4) is 0 Å². The van der Waals surface area contributed by atoms with E-state index in [1.54, 1.807) is 0 Å². The van der Waals surface area contributed by atoms with Crippen molar-refractivity contribution < 1.29 is 14.7 Å². The zero-order chi connectivity index (χ0) is 18.4. The summed E-state index contributed by atoms with van der Waals surface area (Å²) in [6.45, 7) is 8.88. The Bertz CT molecular complexity index is 596. The third kappa shape index (κ3) is 6.94. The highest BCUT2D eigenvalue weighted by atomic mass is 35.5. The molecule has 146 valence electrons. The van der Waals surface area contributed by atoms with Crippen LogP contribution in [-0.4, -0.2) is 65.5 Å². The van der Waals surface area contributed by atoms with Crippen molar-refractivity contribution in [2.45, 2.75) is 39.7 Å². The van der Waals surface area contributed by atoms with Gasteiger partial charge >= 0.3 is 5.97 Å². The van der Waals surface area contributed by atoms with E-state index in [1.165, 1.54) is 0 Å². The molecule has 0 unspecified atom stereocenters. The summed E-state index contributed by atoms with van der Waals surface area (Å²) in [5.74, 6) is -0.779. The number of rotatable bonds is 7. The van der Waals surface area contributed by atoms with E-state index in [1.807, 2.05) is 37.8 Å². The molecule has 6 nitrogen and oxygen atoms in total. The van der Waals surface area contributed by atoms with Crippen molar-refractivity contribution in [3.63, 3.8) is 0 Å². The number of aryl methyl sites for hydroxylation is 2. The van der Waals surface area contributed by atoms with Gasteiger partial charge in [-0.3, -0.25) is 19.4 Å². The Balaban J connectivity index is 0.00000338. The molecule has 1 amide bonds. The lowest BCUT2D eigenvalue weighted by Crippen LogP contribution is -2.48. The number of aliphatic carboxylic acids is 1. The van der Waals surface area contributed by atoms with Gasteiger partial charge in [0, 0.05) is 24.8 Å². The molecule has 1 aliphatic rings. The maximum atomic E-state index is 12.3. The molecule has 0 atom stereocenters. The number of hydrogen-bond acceptors (Lipinski definition) is 4. The fraction of sp³-hybridized carbons (Fsp3) is 0.579. The number of amides is 1. The second-order valence-electron chi connectivity index (χ2n) is 6.89. The van der Waals surface area contributed by atoms with Gasteiger partial charge in [0.1, 0.15) is 0 Å². The molecule has 0 bridgehead atoms. The summed E-state index contributed by atoms with van der Waals surface area (Å²) in [6.07, 6.45) is 1.80. The molecular formula is C19H30ClN3O3. The molecule has 26 heavy (non-hydrogen) atoms. The lowest BCUT2D eigenvalue weighted by molar-refractivity contribution is -0.139. The number of carboxylic acids is 1. The molecule has 0 aromatic heterocycles. The minimum Gasteiger partial charge on any atom is -0.480 e. The Kier molecular flexibility index (Phi) is 9.05. The number of piperidine rings is 1. The largest absolute Gasteiger partial charge is 0.480 e. The van der Waals surface area contributed by atoms with E-state index in [0.717, 1.165) is 49.3 Å². The van der Waals surface area contributed by atoms with E-state index in [9.17, 15) is 9.59 Å². The first-order valence-electron chi connectivity index (χ1n) is 8.93. The monoisotopic (exact) mass is 383 g/mol. The van der Waals surface area contributed by atoms with E-state index in [-0.39, 0.29) is 24.9 Å². The number of likely N-dealkylation sites (tertiary alicyclic amines) is 1. The highest BCUT2D eigenvalue weighted by Gasteiger charge is 2.25. The summed E-state index contributed by atoms with van der Waals surface area (Å²) in [5.41, 5.74) is 3.11. The van der Waals surface area contributed by atoms with Crippen LogP contribution in [0.4, 0.5) is 5.69 Å². The number of benzene rings is 1. The van der Waals surface area contributed by atoms with Crippen LogP contribution in [0.25, 0.3) is 0 Å². The molecule has 2 N–H and O–H groups in total. The molecular weight excluding hydrogens is 354 g/mol. The highest BCUT2D eigenvalue weighted by molar-refractivity contribution is 5.92. The lowest BCUT2D eigenvalue weighted by Gasteiger charge is -2.37. The third-order valence-electron chi connectivity index (χ3n) is 4.69. The molecule has 1 aromatic carbocycles. The molecule has 0 saturated carbocycles. The van der Waals surface area contributed by atoms with Crippen LogP contribution in [0.2, 0.25) is 0 Å². The Labute approximate surface area is 162 Å². The normalized spacial score (nSPS) is 15.5. The zero-order valence-corrected chi connectivity index (χ0v) is 16.6. The van der Waals surface area contributed by atoms with Crippen LogP contribution in [0.5, 0.6) is 0 Å². The van der Waals surface area contributed by atoms with Crippen molar-refractivity contribution in [1.29, 1.82) is 0 Å². The summed E-state index contributed by atoms with van der Waals surface area (Å²) in [6, 6.07) is 6.32. The van der Waals surface area contributed by atoms with Gasteiger partial charge in [0.05, 0.1) is 13.1 Å². The SMILES string of the molecule is CCN(CC(=O)O)C1CCN(CC(=O)Nc2cc(C)cc(C)c2)CC1.Cl. The van der Waals surface area contributed by atoms with E-state index < -0.39 is 5.97 Å². The standard InChI is InChI=1S/C19H29N3O3.ClH/c1-4-22(13-19(24)25)17-5-7-21(8-6-17)12-18(23)20-16-10-14(2)9-15(3)11-16;/h9-11,17H,4-8,12-13H2,1-3H3,(H,20,23)(H,24,25);1H. The van der Waals surface area contributed by atoms with Crippen molar-refractivity contribution in [2.75, 3.05) is 38.0 Å². The topological polar surface area (TPSA) is 72.9 Å². The second kappa shape index (κ2) is 10.5. The summed E-state index contributed by atoms with van der Waals surface area (Å²) >= 11 is 0. The predicted octanol–water partition coefficient (Wildman–Crippen LogP) is 2.53. The molecule has 7 heteroatoms. The van der Waals surface area contributed by atoms with Gasteiger partial charge in [-0.05, 0) is 56.5 Å². The molecule has 1 aromatic rings. The first-order chi connectivity index (χ1) is 11.9. The van der Waals surface area contributed by atoms with Gasteiger partial charge in [0.25, 0.3) is 0 Å². The predicted molar refractivity (Wildman–Crippen MR) is 106 cm³/mol. The molecule has 1 aliphatic heterocycles. The Morgan fingerprint density at radius 3 is 2.27 bits per heavy atom. The van der Waals surface area contributed by atoms with Crippen LogP contribution >= 0.6 is 12.4 Å². The van der Waals surface area contributed by atoms with E-state index in [2.05, 4.69) is 16.3 Å². The highest BCUT2D eigenvalue weighted by Crippen LogP contribution is 2.17. The van der Waals surface area contributed by atoms with Crippen LogP contribution < -0.4 is 5.32 Å². The van der Waals surface area contributed by atoms with Crippen molar-refractivity contribution in [1.82, 2.24) is 9.80 Å². The first-order valence-corrected chi connectivity index (χ1v) is 8.93. The van der Waals surface area contributed by atoms with Crippen LogP contribution in [0.15, 0.2) is 18.2 Å². The molecule has 0 radical (unpaired) electrons. The lowest BCUT2D eigenvalue weighted by atomic mass is 10.0. The number of carboxylic acid groups (broad SMARTS) is 1. The minimum atomic E-state index is -0.780. The number of carbonyl (C=O) groups excluding carboxylic acids is 1. The van der Waals surface area contributed by atoms with Gasteiger partial charge in [-0.15, -0.1) is 12.4 Å². The van der Waals surface area contributed by atoms with Gasteiger partial charge in [0.15, 0.2) is 0 Å². The quantitative estimate of drug-likeness (QED) is 0.757. The second-order valence-corrected chi connectivity index (χ2v) is 6.89. The average molecular weight is 384 g/mol. The van der Waals surface area contributed by atoms with Crippen LogP contribution in [0.1, 0.15) is 30.9 Å². The maximum Gasteiger partial charge on any atom is 0.317 e. The van der Waals surface area contributed by atoms with E-state index >= 15 is 0 Å². The number of hydrogen-bond donors (Lipinski definition) is 2. The van der Waals surface area contributed by atoms with Crippen LogP contribution in [0, 0.1) is 13.8 Å². The maximum absolute atomic E-state index is 12.3. The van der Waals surface area contributed by atoms with Gasteiger partial charge in [-0.2, -0.15) is 0 Å². The molecule has 1 saturated heterocycles. The molecule has 1 heterocycles. The van der Waals surface area contributed by atoms with Gasteiger partial charge < -0.3 is 10.4 Å². The smallest absolute Gasteiger partial charge is 0.317 e. The van der Waals surface area contributed by atoms with Crippen molar-refractivity contribution in [2.24, 2.45) is 0 Å². The molecule has 2 rings (SSSR count). The fourth-order valence-corrected chi connectivity index (χ4v) is 3.57. The number of halogens is 1. The number of carbonyl (C=O) groups is 2. The molecule has 0 aliphatic carbocycles. The Hall–Kier alpha value is -1.63. The van der Waals surface area contributed by atoms with Crippen LogP contribution in [0.3, 0.4) is 0 Å². The van der Waals surface area contributed by atoms with E-state index in [0.29, 0.717) is 12.6 Å². The molecule has 0 spiro atoms. The first kappa shape index (κ1) is 22.4. The number of likely N-dealkylation sites (N-methyl/N-ethyl adjacent to an activating group) is 1. The average Bonchev–Trinajstić information content (AvgIpc) is 2.52. The Morgan fingerprint density at radius 2 is 1.77 bits per heavy atom. The Morgan fingerprint density at radius 1 is 1.19 bits per heavy atom. The van der Waals surface area contributed by atoms with Crippen molar-refractivity contribution >= 4 is 30.0 Å². The minimum absolute atomic E-state index is 0. The molecule has 1 fully saturated rings. The fourth-order valence-electron chi connectivity index (χ4n) is 3.57. The summed E-state index contributed by atoms with van der Waals surface area (Å²) in [5, 5.41) is 12.0. The number of nitrogens with one attached hydrogen (secondary N) is 1. The van der Waals surface area contributed by atoms with Crippen molar-refractivity contribution in [3.05, 3.63) is 29.3 Å². The van der Waals surface area contributed by atoms with Gasteiger partial charge in [-0.25, -0.2) is 0 Å². The summed E-state index contributed by atoms with van der Waals surface area (Å²) in [7, 11) is 0. The van der Waals surface area contributed by atoms with Gasteiger partial charge in [0.2, 0.25) is 5.91 Å². The number of anilines is 1. The third-order valence-corrected chi connectivity index (χ3v) is 4.69.